The van der Waals surface area contributed by atoms with Crippen molar-refractivity contribution in [3.05, 3.63) is 0 Å². The van der Waals surface area contributed by atoms with Crippen LogP contribution in [0.5, 0.6) is 0 Å². The molecule has 0 amide bonds. The van der Waals surface area contributed by atoms with Gasteiger partial charge < -0.3 is 4.90 Å². The van der Waals surface area contributed by atoms with Crippen molar-refractivity contribution < 1.29 is 0 Å². The van der Waals surface area contributed by atoms with Crippen LogP contribution in [0.15, 0.2) is 0 Å². The van der Waals surface area contributed by atoms with Crippen LogP contribution < -0.4 is 0 Å². The van der Waals surface area contributed by atoms with E-state index in [1.165, 1.54) is 51.6 Å². The molecule has 108 valence electrons. The van der Waals surface area contributed by atoms with Crippen molar-refractivity contribution in [2.45, 2.75) is 72.3 Å². The molecule has 0 bridgehead atoms. The predicted octanol–water partition coefficient (Wildman–Crippen LogP) is 4.62. The molecule has 0 aliphatic heterocycles. The van der Waals surface area contributed by atoms with Gasteiger partial charge in [0.1, 0.15) is 0 Å². The zero-order valence-electron chi connectivity index (χ0n) is 12.9. The van der Waals surface area contributed by atoms with Crippen LogP contribution in [-0.4, -0.2) is 29.8 Å². The second-order valence-electron chi connectivity index (χ2n) is 6.62. The van der Waals surface area contributed by atoms with E-state index in [2.05, 4.69) is 32.6 Å². The van der Waals surface area contributed by atoms with E-state index >= 15 is 0 Å². The van der Waals surface area contributed by atoms with Crippen LogP contribution in [0, 0.1) is 11.3 Å². The van der Waals surface area contributed by atoms with Crippen molar-refractivity contribution in [2.75, 3.05) is 18.8 Å². The molecular formula is C16H33NS. The van der Waals surface area contributed by atoms with E-state index in [-0.39, 0.29) is 0 Å². The molecule has 0 heterocycles. The highest BCUT2D eigenvalue weighted by molar-refractivity contribution is 7.80. The quantitative estimate of drug-likeness (QED) is 0.567. The smallest absolute Gasteiger partial charge is 0.00486 e. The predicted molar refractivity (Wildman–Crippen MR) is 85.5 cm³/mol. The fourth-order valence-electron chi connectivity index (χ4n) is 3.07. The summed E-state index contributed by atoms with van der Waals surface area (Å²) in [6.45, 7) is 11.9. The Labute approximate surface area is 120 Å². The Morgan fingerprint density at radius 1 is 1.17 bits per heavy atom. The molecule has 0 N–H and O–H groups in total. The zero-order valence-corrected chi connectivity index (χ0v) is 13.8. The zero-order chi connectivity index (χ0) is 13.6. The van der Waals surface area contributed by atoms with E-state index in [1.807, 2.05) is 0 Å². The van der Waals surface area contributed by atoms with Gasteiger partial charge in [-0.15, -0.1) is 0 Å². The second kappa shape index (κ2) is 7.79. The highest BCUT2D eigenvalue weighted by Gasteiger charge is 2.33. The van der Waals surface area contributed by atoms with Gasteiger partial charge in [0, 0.05) is 19.1 Å². The highest BCUT2D eigenvalue weighted by Crippen LogP contribution is 2.36. The average molecular weight is 272 g/mol. The molecule has 0 unspecified atom stereocenters. The minimum atomic E-state index is 0.450. The average Bonchev–Trinajstić information content (AvgIpc) is 3.12. The van der Waals surface area contributed by atoms with Gasteiger partial charge in [-0.1, -0.05) is 26.7 Å². The van der Waals surface area contributed by atoms with E-state index in [1.54, 1.807) is 0 Å². The van der Waals surface area contributed by atoms with Crippen molar-refractivity contribution in [3.63, 3.8) is 0 Å². The molecule has 0 aromatic carbocycles. The van der Waals surface area contributed by atoms with Crippen molar-refractivity contribution in [2.24, 2.45) is 11.3 Å². The fraction of sp³-hybridized carbons (Fsp3) is 1.00. The molecule has 1 aliphatic carbocycles. The summed E-state index contributed by atoms with van der Waals surface area (Å²) in [6, 6.07) is 0.679. The Bertz CT molecular complexity index is 217. The first-order chi connectivity index (χ1) is 8.56. The topological polar surface area (TPSA) is 3.24 Å². The molecule has 0 spiro atoms. The third-order valence-electron chi connectivity index (χ3n) is 4.35. The molecule has 0 radical (unpaired) electrons. The summed E-state index contributed by atoms with van der Waals surface area (Å²) in [5.74, 6) is 2.04. The molecule has 0 aromatic heterocycles. The maximum absolute atomic E-state index is 4.69. The van der Waals surface area contributed by atoms with Gasteiger partial charge in [-0.25, -0.2) is 0 Å². The molecule has 18 heavy (non-hydrogen) atoms. The lowest BCUT2D eigenvalue weighted by atomic mass is 9.80. The number of nitrogens with zero attached hydrogens (tertiary/aromatic N) is 1. The first kappa shape index (κ1) is 16.4. The van der Waals surface area contributed by atoms with E-state index in [0.717, 1.165) is 11.7 Å². The molecular weight excluding hydrogens is 238 g/mol. The van der Waals surface area contributed by atoms with Crippen molar-refractivity contribution in [1.29, 1.82) is 0 Å². The van der Waals surface area contributed by atoms with Crippen molar-refractivity contribution in [1.82, 2.24) is 4.90 Å². The summed E-state index contributed by atoms with van der Waals surface area (Å²) in [6.07, 6.45) is 8.15. The van der Waals surface area contributed by atoms with Gasteiger partial charge >= 0.3 is 0 Å². The first-order valence-corrected chi connectivity index (χ1v) is 8.55. The van der Waals surface area contributed by atoms with Gasteiger partial charge in [0.15, 0.2) is 0 Å². The lowest BCUT2D eigenvalue weighted by Gasteiger charge is -2.39. The van der Waals surface area contributed by atoms with Crippen LogP contribution in [0.1, 0.15) is 66.2 Å². The summed E-state index contributed by atoms with van der Waals surface area (Å²) >= 11 is 4.69. The Morgan fingerprint density at radius 3 is 2.06 bits per heavy atom. The van der Waals surface area contributed by atoms with E-state index in [9.17, 15) is 0 Å². The molecule has 1 saturated carbocycles. The van der Waals surface area contributed by atoms with Crippen molar-refractivity contribution >= 4 is 12.6 Å². The standard InChI is InChI=1S/C16H33NS/c1-5-9-16(13-18,10-6-2)12-17(14(3)4)11-15-7-8-15/h14-15,18H,5-13H2,1-4H3. The molecule has 1 fully saturated rings. The van der Waals surface area contributed by atoms with Gasteiger partial charge in [0.2, 0.25) is 0 Å². The van der Waals surface area contributed by atoms with Crippen LogP contribution in [0.3, 0.4) is 0 Å². The lowest BCUT2D eigenvalue weighted by molar-refractivity contribution is 0.115. The fourth-order valence-corrected chi connectivity index (χ4v) is 3.49. The molecule has 0 aromatic rings. The Morgan fingerprint density at radius 2 is 1.72 bits per heavy atom. The van der Waals surface area contributed by atoms with Gasteiger partial charge in [-0.2, -0.15) is 12.6 Å². The molecule has 2 heteroatoms. The summed E-state index contributed by atoms with van der Waals surface area (Å²) < 4.78 is 0. The number of rotatable bonds is 10. The Hall–Kier alpha value is 0.310. The maximum Gasteiger partial charge on any atom is 0.00486 e. The summed E-state index contributed by atoms with van der Waals surface area (Å²) in [5, 5.41) is 0. The van der Waals surface area contributed by atoms with Crippen LogP contribution in [0.25, 0.3) is 0 Å². The summed E-state index contributed by atoms with van der Waals surface area (Å²) in [4.78, 5) is 2.72. The number of hydrogen-bond donors (Lipinski definition) is 1. The van der Waals surface area contributed by atoms with Gasteiger partial charge in [0.05, 0.1) is 0 Å². The molecule has 1 rings (SSSR count). The summed E-state index contributed by atoms with van der Waals surface area (Å²) in [5.41, 5.74) is 0.450. The minimum Gasteiger partial charge on any atom is -0.300 e. The molecule has 1 aliphatic rings. The molecule has 0 atom stereocenters. The third-order valence-corrected chi connectivity index (χ3v) is 5.03. The van der Waals surface area contributed by atoms with Gasteiger partial charge in [-0.3, -0.25) is 0 Å². The summed E-state index contributed by atoms with van der Waals surface area (Å²) in [7, 11) is 0. The first-order valence-electron chi connectivity index (χ1n) is 7.91. The van der Waals surface area contributed by atoms with Crippen LogP contribution >= 0.6 is 12.6 Å². The van der Waals surface area contributed by atoms with E-state index in [4.69, 9.17) is 12.6 Å². The number of thiol groups is 1. The Kier molecular flexibility index (Phi) is 7.08. The minimum absolute atomic E-state index is 0.450. The number of hydrogen-bond acceptors (Lipinski definition) is 2. The van der Waals surface area contributed by atoms with Crippen molar-refractivity contribution in [3.8, 4) is 0 Å². The van der Waals surface area contributed by atoms with E-state index in [0.29, 0.717) is 11.5 Å². The van der Waals surface area contributed by atoms with Gasteiger partial charge in [0.25, 0.3) is 0 Å². The third kappa shape index (κ3) is 5.13. The normalized spacial score (nSPS) is 16.8. The Balaban J connectivity index is 2.63. The van der Waals surface area contributed by atoms with Crippen LogP contribution in [0.4, 0.5) is 0 Å². The monoisotopic (exact) mass is 271 g/mol. The maximum atomic E-state index is 4.69. The SMILES string of the molecule is CCCC(CS)(CCC)CN(CC1CC1)C(C)C. The second-order valence-corrected chi connectivity index (χ2v) is 6.94. The van der Waals surface area contributed by atoms with Crippen LogP contribution in [-0.2, 0) is 0 Å². The molecule has 0 saturated heterocycles. The largest absolute Gasteiger partial charge is 0.300 e. The molecule has 1 nitrogen and oxygen atoms in total. The lowest BCUT2D eigenvalue weighted by Crippen LogP contribution is -2.43. The van der Waals surface area contributed by atoms with E-state index < -0.39 is 0 Å². The van der Waals surface area contributed by atoms with Crippen LogP contribution in [0.2, 0.25) is 0 Å². The highest BCUT2D eigenvalue weighted by atomic mass is 32.1. The van der Waals surface area contributed by atoms with Gasteiger partial charge in [-0.05, 0) is 56.6 Å².